The number of carbonyl (C=O) groups excluding carboxylic acids is 2. The Hall–Kier alpha value is -3.62. The monoisotopic (exact) mass is 405 g/mol. The molecule has 1 N–H and O–H groups in total. The average molecular weight is 405 g/mol. The smallest absolute Gasteiger partial charge is 0.342 e. The molecule has 0 saturated heterocycles. The number of esters is 1. The summed E-state index contributed by atoms with van der Waals surface area (Å²) in [5, 5.41) is 2.62. The van der Waals surface area contributed by atoms with Gasteiger partial charge in [-0.25, -0.2) is 4.79 Å². The Balaban J connectivity index is 2.06. The van der Waals surface area contributed by atoms with Crippen LogP contribution >= 0.6 is 0 Å². The summed E-state index contributed by atoms with van der Waals surface area (Å²) in [7, 11) is 7.28. The molecule has 0 atom stereocenters. The summed E-state index contributed by atoms with van der Waals surface area (Å²) in [4.78, 5) is 24.6. The summed E-state index contributed by atoms with van der Waals surface area (Å²) in [6.07, 6.45) is 0. The molecule has 0 bridgehead atoms. The third kappa shape index (κ3) is 5.01. The number of ether oxygens (including phenoxy) is 6. The molecule has 0 fully saturated rings. The van der Waals surface area contributed by atoms with E-state index >= 15 is 0 Å². The highest BCUT2D eigenvalue weighted by Crippen LogP contribution is 2.40. The van der Waals surface area contributed by atoms with Crippen molar-refractivity contribution in [1.29, 1.82) is 0 Å². The van der Waals surface area contributed by atoms with Gasteiger partial charge in [-0.2, -0.15) is 0 Å². The van der Waals surface area contributed by atoms with E-state index in [0.717, 1.165) is 0 Å². The van der Waals surface area contributed by atoms with Gasteiger partial charge in [0, 0.05) is 11.8 Å². The van der Waals surface area contributed by atoms with Gasteiger partial charge in [-0.3, -0.25) is 4.79 Å². The Kier molecular flexibility index (Phi) is 7.53. The SMILES string of the molecule is COc1ccc(NC(=O)COC(=O)c2ccc(OC)c(OC)c2OC)cc1OC. The van der Waals surface area contributed by atoms with E-state index in [2.05, 4.69) is 5.32 Å². The van der Waals surface area contributed by atoms with Gasteiger partial charge < -0.3 is 33.7 Å². The molecule has 0 aliphatic heterocycles. The summed E-state index contributed by atoms with van der Waals surface area (Å²) in [6.45, 7) is -0.495. The highest BCUT2D eigenvalue weighted by Gasteiger charge is 2.22. The highest BCUT2D eigenvalue weighted by atomic mass is 16.5. The predicted octanol–water partition coefficient (Wildman–Crippen LogP) is 2.53. The van der Waals surface area contributed by atoms with Gasteiger partial charge in [0.25, 0.3) is 5.91 Å². The number of carbonyl (C=O) groups is 2. The standard InChI is InChI=1S/C20H23NO8/c1-24-14-8-6-12(10-16(14)26-3)21-17(22)11-29-20(23)13-7-9-15(25-2)19(28-5)18(13)27-4/h6-10H,11H2,1-5H3,(H,21,22). The maximum Gasteiger partial charge on any atom is 0.342 e. The molecule has 0 unspecified atom stereocenters. The lowest BCUT2D eigenvalue weighted by molar-refractivity contribution is -0.119. The number of rotatable bonds is 9. The summed E-state index contributed by atoms with van der Waals surface area (Å²) >= 11 is 0. The molecule has 156 valence electrons. The van der Waals surface area contributed by atoms with Gasteiger partial charge in [0.2, 0.25) is 5.75 Å². The quantitative estimate of drug-likeness (QED) is 0.635. The maximum atomic E-state index is 12.4. The van der Waals surface area contributed by atoms with Crippen LogP contribution in [0.3, 0.4) is 0 Å². The molecule has 0 aromatic heterocycles. The number of hydrogen-bond donors (Lipinski definition) is 1. The van der Waals surface area contributed by atoms with E-state index in [1.807, 2.05) is 0 Å². The number of benzene rings is 2. The molecule has 9 nitrogen and oxygen atoms in total. The van der Waals surface area contributed by atoms with E-state index in [9.17, 15) is 9.59 Å². The number of anilines is 1. The van der Waals surface area contributed by atoms with Crippen molar-refractivity contribution < 1.29 is 38.0 Å². The molecule has 1 amide bonds. The first-order chi connectivity index (χ1) is 14.0. The zero-order chi connectivity index (χ0) is 21.4. The molecular weight excluding hydrogens is 382 g/mol. The summed E-state index contributed by atoms with van der Waals surface area (Å²) in [5.41, 5.74) is 0.566. The molecule has 0 saturated carbocycles. The second-order valence-corrected chi connectivity index (χ2v) is 5.58. The Morgan fingerprint density at radius 3 is 1.97 bits per heavy atom. The normalized spacial score (nSPS) is 9.97. The molecule has 9 heteroatoms. The average Bonchev–Trinajstić information content (AvgIpc) is 2.75. The van der Waals surface area contributed by atoms with Crippen molar-refractivity contribution in [2.45, 2.75) is 0 Å². The van der Waals surface area contributed by atoms with Crippen LogP contribution in [0, 0.1) is 0 Å². The van der Waals surface area contributed by atoms with Crippen molar-refractivity contribution in [2.75, 3.05) is 47.5 Å². The van der Waals surface area contributed by atoms with Crippen LogP contribution in [0.1, 0.15) is 10.4 Å². The molecule has 29 heavy (non-hydrogen) atoms. The first-order valence-electron chi connectivity index (χ1n) is 8.47. The fourth-order valence-electron chi connectivity index (χ4n) is 2.58. The third-order valence-electron chi connectivity index (χ3n) is 3.93. The summed E-state index contributed by atoms with van der Waals surface area (Å²) in [5.74, 6) is 0.508. The zero-order valence-corrected chi connectivity index (χ0v) is 16.9. The van der Waals surface area contributed by atoms with Crippen LogP contribution in [0.15, 0.2) is 30.3 Å². The topological polar surface area (TPSA) is 102 Å². The fraction of sp³-hybridized carbons (Fsp3) is 0.300. The van der Waals surface area contributed by atoms with Crippen LogP contribution in [0.2, 0.25) is 0 Å². The van der Waals surface area contributed by atoms with Gasteiger partial charge in [0.15, 0.2) is 29.6 Å². The van der Waals surface area contributed by atoms with Crippen molar-refractivity contribution in [3.63, 3.8) is 0 Å². The molecule has 0 aliphatic rings. The van der Waals surface area contributed by atoms with Gasteiger partial charge in [0.1, 0.15) is 5.56 Å². The lowest BCUT2D eigenvalue weighted by atomic mass is 10.1. The maximum absolute atomic E-state index is 12.4. The third-order valence-corrected chi connectivity index (χ3v) is 3.93. The Morgan fingerprint density at radius 2 is 1.38 bits per heavy atom. The number of amides is 1. The van der Waals surface area contributed by atoms with E-state index in [-0.39, 0.29) is 17.1 Å². The number of methoxy groups -OCH3 is 5. The largest absolute Gasteiger partial charge is 0.493 e. The van der Waals surface area contributed by atoms with Crippen LogP contribution in [0.25, 0.3) is 0 Å². The van der Waals surface area contributed by atoms with Crippen molar-refractivity contribution in [1.82, 2.24) is 0 Å². The molecular formula is C20H23NO8. The molecule has 0 aliphatic carbocycles. The second kappa shape index (κ2) is 10.1. The Bertz CT molecular complexity index is 881. The molecule has 0 radical (unpaired) electrons. The molecule has 2 aromatic carbocycles. The zero-order valence-electron chi connectivity index (χ0n) is 16.9. The van der Waals surface area contributed by atoms with Gasteiger partial charge in [0.05, 0.1) is 35.5 Å². The Labute approximate surface area is 168 Å². The lowest BCUT2D eigenvalue weighted by Crippen LogP contribution is -2.21. The minimum atomic E-state index is -0.745. The Morgan fingerprint density at radius 1 is 0.759 bits per heavy atom. The molecule has 0 spiro atoms. The van der Waals surface area contributed by atoms with Crippen LogP contribution < -0.4 is 29.0 Å². The summed E-state index contributed by atoms with van der Waals surface area (Å²) < 4.78 is 31.1. The molecule has 2 aromatic rings. The van der Waals surface area contributed by atoms with E-state index in [1.54, 1.807) is 24.3 Å². The number of nitrogens with one attached hydrogen (secondary N) is 1. The van der Waals surface area contributed by atoms with E-state index in [0.29, 0.717) is 22.9 Å². The minimum absolute atomic E-state index is 0.101. The van der Waals surface area contributed by atoms with E-state index < -0.39 is 18.5 Å². The fourth-order valence-corrected chi connectivity index (χ4v) is 2.58. The lowest BCUT2D eigenvalue weighted by Gasteiger charge is -2.15. The first-order valence-corrected chi connectivity index (χ1v) is 8.47. The first kappa shape index (κ1) is 21.7. The van der Waals surface area contributed by atoms with Crippen molar-refractivity contribution in [3.05, 3.63) is 35.9 Å². The van der Waals surface area contributed by atoms with Crippen LogP contribution in [0.4, 0.5) is 5.69 Å². The summed E-state index contributed by atoms with van der Waals surface area (Å²) in [6, 6.07) is 7.89. The van der Waals surface area contributed by atoms with Crippen LogP contribution in [-0.4, -0.2) is 54.0 Å². The number of hydrogen-bond acceptors (Lipinski definition) is 8. The molecule has 0 heterocycles. The van der Waals surface area contributed by atoms with E-state index in [4.69, 9.17) is 28.4 Å². The molecule has 2 rings (SSSR count). The van der Waals surface area contributed by atoms with Crippen LogP contribution in [-0.2, 0) is 9.53 Å². The minimum Gasteiger partial charge on any atom is -0.493 e. The van der Waals surface area contributed by atoms with Crippen LogP contribution in [0.5, 0.6) is 28.7 Å². The van der Waals surface area contributed by atoms with Crippen molar-refractivity contribution >= 4 is 17.6 Å². The highest BCUT2D eigenvalue weighted by molar-refractivity contribution is 5.97. The van der Waals surface area contributed by atoms with Gasteiger partial charge >= 0.3 is 5.97 Å². The van der Waals surface area contributed by atoms with Gasteiger partial charge in [-0.1, -0.05) is 0 Å². The predicted molar refractivity (Wildman–Crippen MR) is 105 cm³/mol. The van der Waals surface area contributed by atoms with Gasteiger partial charge in [-0.15, -0.1) is 0 Å². The second-order valence-electron chi connectivity index (χ2n) is 5.58. The van der Waals surface area contributed by atoms with Crippen molar-refractivity contribution in [3.8, 4) is 28.7 Å². The van der Waals surface area contributed by atoms with Crippen molar-refractivity contribution in [2.24, 2.45) is 0 Å². The van der Waals surface area contributed by atoms with Gasteiger partial charge in [-0.05, 0) is 24.3 Å². The van der Waals surface area contributed by atoms with E-state index in [1.165, 1.54) is 41.6 Å².